The fourth-order valence-electron chi connectivity index (χ4n) is 4.31. The fraction of sp³-hybridized carbons (Fsp3) is 0.273. The van der Waals surface area contributed by atoms with Gasteiger partial charge in [-0.1, -0.05) is 12.1 Å². The van der Waals surface area contributed by atoms with Crippen LogP contribution in [-0.2, 0) is 12.8 Å². The molecule has 0 saturated carbocycles. The minimum Gasteiger partial charge on any atom is -0.484 e. The fourth-order valence-corrected chi connectivity index (χ4v) is 4.31. The van der Waals surface area contributed by atoms with Crippen molar-refractivity contribution < 1.29 is 18.3 Å². The van der Waals surface area contributed by atoms with Crippen LogP contribution in [0.4, 0.5) is 4.39 Å². The lowest BCUT2D eigenvalue weighted by Crippen LogP contribution is -2.22. The maximum absolute atomic E-state index is 13.3. The topological polar surface area (TPSA) is 56.5 Å². The highest BCUT2D eigenvalue weighted by Gasteiger charge is 2.33. The molecular weight excluding hydrogens is 347 g/mol. The minimum atomic E-state index is -0.486. The van der Waals surface area contributed by atoms with Crippen LogP contribution in [0.3, 0.4) is 0 Å². The normalized spacial score (nSPS) is 18.3. The van der Waals surface area contributed by atoms with Crippen molar-refractivity contribution in [3.8, 4) is 5.75 Å². The Morgan fingerprint density at radius 1 is 1.07 bits per heavy atom. The first-order chi connectivity index (χ1) is 13.0. The van der Waals surface area contributed by atoms with E-state index in [1.807, 2.05) is 6.92 Å². The molecule has 2 aliphatic rings. The molecule has 0 amide bonds. The molecule has 1 aliphatic heterocycles. The molecule has 0 N–H and O–H groups in total. The molecule has 1 atom stereocenters. The molecule has 1 unspecified atom stereocenters. The van der Waals surface area contributed by atoms with Crippen molar-refractivity contribution in [3.63, 3.8) is 0 Å². The van der Waals surface area contributed by atoms with E-state index in [1.54, 1.807) is 18.2 Å². The highest BCUT2D eigenvalue weighted by Crippen LogP contribution is 2.44. The molecule has 136 valence electrons. The van der Waals surface area contributed by atoms with Crippen LogP contribution in [0.1, 0.15) is 51.6 Å². The van der Waals surface area contributed by atoms with Gasteiger partial charge in [0, 0.05) is 5.56 Å². The van der Waals surface area contributed by atoms with Crippen LogP contribution in [0.5, 0.6) is 5.75 Å². The highest BCUT2D eigenvalue weighted by atomic mass is 19.1. The second-order valence-corrected chi connectivity index (χ2v) is 7.26. The van der Waals surface area contributed by atoms with Crippen molar-refractivity contribution in [2.24, 2.45) is 0 Å². The number of carbonyl (C=O) groups excluding carboxylic acids is 1. The number of aryl methyl sites for hydroxylation is 2. The Morgan fingerprint density at radius 3 is 2.59 bits per heavy atom. The summed E-state index contributed by atoms with van der Waals surface area (Å²) in [6.07, 6.45) is 2.05. The number of hydrogen-bond acceptors (Lipinski definition) is 4. The molecule has 5 heteroatoms. The summed E-state index contributed by atoms with van der Waals surface area (Å²) >= 11 is 0. The van der Waals surface area contributed by atoms with Gasteiger partial charge < -0.3 is 9.15 Å². The van der Waals surface area contributed by atoms with Gasteiger partial charge in [-0.05, 0) is 61.1 Å². The first-order valence-electron chi connectivity index (χ1n) is 9.10. The zero-order valence-corrected chi connectivity index (χ0v) is 14.8. The molecule has 0 bridgehead atoms. The zero-order chi connectivity index (χ0) is 18.7. The van der Waals surface area contributed by atoms with Gasteiger partial charge in [0.1, 0.15) is 23.3 Å². The van der Waals surface area contributed by atoms with E-state index in [1.165, 1.54) is 12.1 Å². The monoisotopic (exact) mass is 364 g/mol. The number of ether oxygens (including phenoxy) is 1. The Kier molecular flexibility index (Phi) is 3.47. The largest absolute Gasteiger partial charge is 0.484 e. The maximum Gasteiger partial charge on any atom is 0.339 e. The van der Waals surface area contributed by atoms with E-state index in [2.05, 4.69) is 0 Å². The van der Waals surface area contributed by atoms with Crippen molar-refractivity contribution in [3.05, 3.63) is 74.4 Å². The molecule has 0 radical (unpaired) electrons. The van der Waals surface area contributed by atoms with Crippen molar-refractivity contribution in [2.75, 3.05) is 0 Å². The Balaban J connectivity index is 1.76. The lowest BCUT2D eigenvalue weighted by atomic mass is 9.90. The quantitative estimate of drug-likeness (QED) is 0.599. The third-order valence-corrected chi connectivity index (χ3v) is 5.56. The third-order valence-electron chi connectivity index (χ3n) is 5.56. The SMILES string of the molecule is Cc1cc2oc(=O)c3c(c2c2c1C(=O)CC(c1ccc(F)cc1)O2)CCC3. The van der Waals surface area contributed by atoms with Gasteiger partial charge in [0.25, 0.3) is 0 Å². The average Bonchev–Trinajstić information content (AvgIpc) is 3.12. The predicted octanol–water partition coefficient (Wildman–Crippen LogP) is 4.44. The third kappa shape index (κ3) is 2.41. The zero-order valence-electron chi connectivity index (χ0n) is 14.8. The molecule has 4 nitrogen and oxygen atoms in total. The average molecular weight is 364 g/mol. The molecule has 0 fully saturated rings. The number of hydrogen-bond donors (Lipinski definition) is 0. The van der Waals surface area contributed by atoms with Crippen molar-refractivity contribution in [1.29, 1.82) is 0 Å². The van der Waals surface area contributed by atoms with Gasteiger partial charge in [-0.3, -0.25) is 4.79 Å². The number of carbonyl (C=O) groups is 1. The molecule has 0 spiro atoms. The van der Waals surface area contributed by atoms with E-state index in [0.717, 1.165) is 34.9 Å². The van der Waals surface area contributed by atoms with Crippen molar-refractivity contribution >= 4 is 16.8 Å². The van der Waals surface area contributed by atoms with Gasteiger partial charge in [0.05, 0.1) is 17.4 Å². The maximum atomic E-state index is 13.3. The standard InChI is InChI=1S/C22H17FO4/c1-11-9-18-20(14-3-2-4-15(14)22(25)27-18)21-19(11)16(24)10-17(26-21)12-5-7-13(23)8-6-12/h5-9,17H,2-4,10H2,1H3. The molecule has 2 aromatic carbocycles. The summed E-state index contributed by atoms with van der Waals surface area (Å²) in [4.78, 5) is 25.2. The lowest BCUT2D eigenvalue weighted by Gasteiger charge is -2.28. The summed E-state index contributed by atoms with van der Waals surface area (Å²) < 4.78 is 25.1. The van der Waals surface area contributed by atoms with Crippen LogP contribution in [0, 0.1) is 12.7 Å². The van der Waals surface area contributed by atoms with Gasteiger partial charge >= 0.3 is 5.63 Å². The lowest BCUT2D eigenvalue weighted by molar-refractivity contribution is 0.0852. The Morgan fingerprint density at radius 2 is 1.81 bits per heavy atom. The van der Waals surface area contributed by atoms with E-state index < -0.39 is 6.10 Å². The molecule has 3 aromatic rings. The van der Waals surface area contributed by atoms with Crippen LogP contribution in [0.15, 0.2) is 39.5 Å². The van der Waals surface area contributed by atoms with Crippen LogP contribution >= 0.6 is 0 Å². The number of Topliss-reactive ketones (excluding diaryl/α,β-unsaturated/α-hetero) is 1. The van der Waals surface area contributed by atoms with Gasteiger partial charge in [-0.25, -0.2) is 9.18 Å². The summed E-state index contributed by atoms with van der Waals surface area (Å²) in [5.74, 6) is 0.155. The first kappa shape index (κ1) is 16.2. The van der Waals surface area contributed by atoms with Gasteiger partial charge in [0.15, 0.2) is 5.78 Å². The predicted molar refractivity (Wildman–Crippen MR) is 98.0 cm³/mol. The molecule has 27 heavy (non-hydrogen) atoms. The smallest absolute Gasteiger partial charge is 0.339 e. The summed E-state index contributed by atoms with van der Waals surface area (Å²) in [5, 5.41) is 0.739. The summed E-state index contributed by atoms with van der Waals surface area (Å²) in [5.41, 5.74) is 3.83. The van der Waals surface area contributed by atoms with Crippen LogP contribution < -0.4 is 10.4 Å². The molecule has 0 saturated heterocycles. The second kappa shape index (κ2) is 5.78. The Hall–Kier alpha value is -2.95. The Labute approximate surface area is 154 Å². The molecule has 5 rings (SSSR count). The van der Waals surface area contributed by atoms with E-state index in [-0.39, 0.29) is 23.6 Å². The summed E-state index contributed by atoms with van der Waals surface area (Å²) in [7, 11) is 0. The summed E-state index contributed by atoms with van der Waals surface area (Å²) in [6, 6.07) is 7.77. The molecule has 1 aromatic heterocycles. The highest BCUT2D eigenvalue weighted by molar-refractivity contribution is 6.07. The number of benzene rings is 2. The molecule has 2 heterocycles. The number of fused-ring (bicyclic) bond motifs is 5. The minimum absolute atomic E-state index is 0.0112. The van der Waals surface area contributed by atoms with E-state index in [9.17, 15) is 14.0 Å². The summed E-state index contributed by atoms with van der Waals surface area (Å²) in [6.45, 7) is 1.82. The Bertz CT molecular complexity index is 1160. The van der Waals surface area contributed by atoms with Crippen molar-refractivity contribution in [2.45, 2.75) is 38.7 Å². The van der Waals surface area contributed by atoms with Gasteiger partial charge in [-0.15, -0.1) is 0 Å². The van der Waals surface area contributed by atoms with Crippen LogP contribution in [0.2, 0.25) is 0 Å². The molecule has 1 aliphatic carbocycles. The number of ketones is 1. The van der Waals surface area contributed by atoms with E-state index in [0.29, 0.717) is 28.9 Å². The van der Waals surface area contributed by atoms with Crippen molar-refractivity contribution in [1.82, 2.24) is 0 Å². The number of rotatable bonds is 1. The van der Waals surface area contributed by atoms with E-state index >= 15 is 0 Å². The van der Waals surface area contributed by atoms with Crippen LogP contribution in [0.25, 0.3) is 11.0 Å². The first-order valence-corrected chi connectivity index (χ1v) is 9.10. The van der Waals surface area contributed by atoms with E-state index in [4.69, 9.17) is 9.15 Å². The second-order valence-electron chi connectivity index (χ2n) is 7.26. The van der Waals surface area contributed by atoms with Gasteiger partial charge in [0.2, 0.25) is 0 Å². The number of halogens is 1. The molecular formula is C22H17FO4. The van der Waals surface area contributed by atoms with Crippen LogP contribution in [-0.4, -0.2) is 5.78 Å². The van der Waals surface area contributed by atoms with Gasteiger partial charge in [-0.2, -0.15) is 0 Å².